The Bertz CT molecular complexity index is 627. The fourth-order valence-electron chi connectivity index (χ4n) is 1.96. The van der Waals surface area contributed by atoms with Crippen LogP contribution in [0.1, 0.15) is 38.0 Å². The van der Waals surface area contributed by atoms with Crippen molar-refractivity contribution < 1.29 is 42.8 Å². The Balaban J connectivity index is 2.15. The molecule has 2 rings (SSSR count). The maximum atomic E-state index is 12.2. The quantitative estimate of drug-likeness (QED) is 0.183. The molecule has 0 aliphatic carbocycles. The second kappa shape index (κ2) is 10.6. The average molecular weight is 382 g/mol. The molecular weight excluding hydrogens is 360 g/mol. The highest BCUT2D eigenvalue weighted by atomic mass is 16.7. The Morgan fingerprint density at radius 2 is 1.52 bits per heavy atom. The molecule has 1 saturated heterocycles. The molecule has 1 fully saturated rings. The molecule has 148 valence electrons. The average Bonchev–Trinajstić information content (AvgIpc) is 3.50. The third-order valence-corrected chi connectivity index (χ3v) is 3.44. The molecule has 0 aromatic heterocycles. The van der Waals surface area contributed by atoms with Gasteiger partial charge in [0.25, 0.3) is 0 Å². The molecule has 1 heterocycles. The number of methoxy groups -OCH3 is 1. The second-order valence-electron chi connectivity index (χ2n) is 5.52. The summed E-state index contributed by atoms with van der Waals surface area (Å²) in [5, 5.41) is 0. The summed E-state index contributed by atoms with van der Waals surface area (Å²) in [6.07, 6.45) is -0.105. The van der Waals surface area contributed by atoms with E-state index in [1.807, 2.05) is 0 Å². The first-order valence-corrected chi connectivity index (χ1v) is 8.40. The number of carbonyl (C=O) groups excluding carboxylic acids is 3. The molecule has 0 amide bonds. The van der Waals surface area contributed by atoms with Gasteiger partial charge in [-0.1, -0.05) is 0 Å². The van der Waals surface area contributed by atoms with E-state index in [0.717, 1.165) is 0 Å². The normalized spacial score (nSPS) is 15.1. The molecule has 0 N–H and O–H groups in total. The lowest BCUT2D eigenvalue weighted by Crippen LogP contribution is -2.16. The molecule has 0 radical (unpaired) electrons. The van der Waals surface area contributed by atoms with Gasteiger partial charge in [0.05, 0.1) is 29.9 Å². The molecular formula is C18H22O9. The van der Waals surface area contributed by atoms with Gasteiger partial charge < -0.3 is 28.4 Å². The van der Waals surface area contributed by atoms with Crippen LogP contribution in [0, 0.1) is 0 Å². The number of hydrogen-bond acceptors (Lipinski definition) is 9. The van der Waals surface area contributed by atoms with E-state index in [9.17, 15) is 14.4 Å². The van der Waals surface area contributed by atoms with Gasteiger partial charge in [0.2, 0.25) is 0 Å². The van der Waals surface area contributed by atoms with Gasteiger partial charge in [-0.2, -0.15) is 0 Å². The summed E-state index contributed by atoms with van der Waals surface area (Å²) in [5.41, 5.74) is 0.0531. The Kier molecular flexibility index (Phi) is 8.18. The lowest BCUT2D eigenvalue weighted by molar-refractivity contribution is -0.0274. The molecule has 9 nitrogen and oxygen atoms in total. The van der Waals surface area contributed by atoms with Gasteiger partial charge in [0.15, 0.2) is 6.79 Å². The third kappa shape index (κ3) is 6.97. The van der Waals surface area contributed by atoms with Gasteiger partial charge in [-0.05, 0) is 25.1 Å². The van der Waals surface area contributed by atoms with Crippen LogP contribution in [-0.4, -0.2) is 70.9 Å². The van der Waals surface area contributed by atoms with Crippen LogP contribution in [0.3, 0.4) is 0 Å². The highest BCUT2D eigenvalue weighted by Gasteiger charge is 2.25. The van der Waals surface area contributed by atoms with E-state index in [2.05, 4.69) is 0 Å². The maximum absolute atomic E-state index is 12.2. The molecule has 0 saturated carbocycles. The Morgan fingerprint density at radius 1 is 0.963 bits per heavy atom. The van der Waals surface area contributed by atoms with Gasteiger partial charge in [0, 0.05) is 13.7 Å². The molecule has 1 unspecified atom stereocenters. The SMILES string of the molecule is CCOCOC(=O)c1cc(C(=O)OCCOC)cc(C(=O)OCC2CO2)c1. The molecule has 1 atom stereocenters. The number of rotatable bonds is 11. The first kappa shape index (κ1) is 20.8. The molecule has 27 heavy (non-hydrogen) atoms. The molecule has 1 aromatic carbocycles. The summed E-state index contributed by atoms with van der Waals surface area (Å²) in [5.74, 6) is -2.13. The first-order valence-electron chi connectivity index (χ1n) is 8.40. The summed E-state index contributed by atoms with van der Waals surface area (Å²) in [7, 11) is 1.47. The summed E-state index contributed by atoms with van der Waals surface area (Å²) in [4.78, 5) is 36.6. The van der Waals surface area contributed by atoms with Crippen LogP contribution in [0.15, 0.2) is 18.2 Å². The maximum Gasteiger partial charge on any atom is 0.340 e. The topological polar surface area (TPSA) is 110 Å². The van der Waals surface area contributed by atoms with Crippen LogP contribution in [0.25, 0.3) is 0 Å². The standard InChI is InChI=1S/C18H22O9/c1-3-23-11-27-18(21)14-7-12(16(19)24-5-4-22-2)6-13(8-14)17(20)26-10-15-9-25-15/h6-8,15H,3-5,9-11H2,1-2H3. The van der Waals surface area contributed by atoms with E-state index in [-0.39, 0.29) is 49.4 Å². The van der Waals surface area contributed by atoms with Crippen molar-refractivity contribution >= 4 is 17.9 Å². The molecule has 0 bridgehead atoms. The Labute approximate surface area is 156 Å². The van der Waals surface area contributed by atoms with Crippen LogP contribution in [0.5, 0.6) is 0 Å². The summed E-state index contributed by atoms with van der Waals surface area (Å²) in [6.45, 7) is 2.78. The van der Waals surface area contributed by atoms with E-state index < -0.39 is 17.9 Å². The highest BCUT2D eigenvalue weighted by Crippen LogP contribution is 2.16. The summed E-state index contributed by atoms with van der Waals surface area (Å²) < 4.78 is 29.8. The van der Waals surface area contributed by atoms with E-state index in [4.69, 9.17) is 28.4 Å². The summed E-state index contributed by atoms with van der Waals surface area (Å²) >= 11 is 0. The monoisotopic (exact) mass is 382 g/mol. The zero-order valence-electron chi connectivity index (χ0n) is 15.2. The number of ether oxygens (including phenoxy) is 6. The first-order chi connectivity index (χ1) is 13.0. The minimum absolute atomic E-state index is 0.00511. The van der Waals surface area contributed by atoms with Crippen LogP contribution in [0.4, 0.5) is 0 Å². The Morgan fingerprint density at radius 3 is 2.04 bits per heavy atom. The van der Waals surface area contributed by atoms with E-state index in [1.54, 1.807) is 6.92 Å². The lowest BCUT2D eigenvalue weighted by atomic mass is 10.1. The second-order valence-corrected chi connectivity index (χ2v) is 5.52. The predicted molar refractivity (Wildman–Crippen MR) is 90.5 cm³/mol. The van der Waals surface area contributed by atoms with Crippen molar-refractivity contribution in [3.05, 3.63) is 34.9 Å². The smallest absolute Gasteiger partial charge is 0.340 e. The highest BCUT2D eigenvalue weighted by molar-refractivity contribution is 6.00. The van der Waals surface area contributed by atoms with Crippen molar-refractivity contribution in [1.82, 2.24) is 0 Å². The van der Waals surface area contributed by atoms with Crippen LogP contribution >= 0.6 is 0 Å². The van der Waals surface area contributed by atoms with Crippen molar-refractivity contribution in [2.75, 3.05) is 46.9 Å². The number of carbonyl (C=O) groups is 3. The number of hydrogen-bond donors (Lipinski definition) is 0. The van der Waals surface area contributed by atoms with Crippen LogP contribution in [0.2, 0.25) is 0 Å². The molecule has 9 heteroatoms. The lowest BCUT2D eigenvalue weighted by Gasteiger charge is -2.10. The minimum atomic E-state index is -0.741. The van der Waals surface area contributed by atoms with Gasteiger partial charge in [-0.25, -0.2) is 14.4 Å². The van der Waals surface area contributed by atoms with E-state index in [0.29, 0.717) is 13.2 Å². The van der Waals surface area contributed by atoms with E-state index >= 15 is 0 Å². The fraction of sp³-hybridized carbons (Fsp3) is 0.500. The van der Waals surface area contributed by atoms with Crippen molar-refractivity contribution in [2.24, 2.45) is 0 Å². The van der Waals surface area contributed by atoms with Crippen molar-refractivity contribution in [3.8, 4) is 0 Å². The number of esters is 3. The van der Waals surface area contributed by atoms with E-state index in [1.165, 1.54) is 25.3 Å². The largest absolute Gasteiger partial charge is 0.460 e. The van der Waals surface area contributed by atoms with Crippen molar-refractivity contribution in [3.63, 3.8) is 0 Å². The zero-order chi connectivity index (χ0) is 19.6. The zero-order valence-corrected chi connectivity index (χ0v) is 15.2. The number of benzene rings is 1. The Hall–Kier alpha value is -2.49. The molecule has 1 aliphatic heterocycles. The summed E-state index contributed by atoms with van der Waals surface area (Å²) in [6, 6.07) is 3.87. The fourth-order valence-corrected chi connectivity index (χ4v) is 1.96. The van der Waals surface area contributed by atoms with Crippen molar-refractivity contribution in [2.45, 2.75) is 13.0 Å². The molecule has 1 aliphatic rings. The third-order valence-electron chi connectivity index (χ3n) is 3.44. The van der Waals surface area contributed by atoms with Crippen molar-refractivity contribution in [1.29, 1.82) is 0 Å². The minimum Gasteiger partial charge on any atom is -0.460 e. The van der Waals surface area contributed by atoms with Crippen LogP contribution < -0.4 is 0 Å². The van der Waals surface area contributed by atoms with Gasteiger partial charge in [0.1, 0.15) is 19.3 Å². The molecule has 0 spiro atoms. The number of epoxide rings is 1. The van der Waals surface area contributed by atoms with Gasteiger partial charge in [-0.3, -0.25) is 0 Å². The van der Waals surface area contributed by atoms with Crippen LogP contribution in [-0.2, 0) is 28.4 Å². The van der Waals surface area contributed by atoms with Gasteiger partial charge >= 0.3 is 17.9 Å². The molecule has 1 aromatic rings. The van der Waals surface area contributed by atoms with Gasteiger partial charge in [-0.15, -0.1) is 0 Å². The predicted octanol–water partition coefficient (Wildman–Crippen LogP) is 1.20.